The number of carbonyl (C=O) groups excluding carboxylic acids is 3. The average molecular weight is 510 g/mol. The molecule has 0 aliphatic carbocycles. The van der Waals surface area contributed by atoms with Gasteiger partial charge in [0.2, 0.25) is 5.91 Å². The summed E-state index contributed by atoms with van der Waals surface area (Å²) in [5.74, 6) is -0.949. The third-order valence-corrected chi connectivity index (χ3v) is 5.21. The van der Waals surface area contributed by atoms with E-state index >= 15 is 0 Å². The lowest BCUT2D eigenvalue weighted by Gasteiger charge is -2.16. The lowest BCUT2D eigenvalue weighted by molar-refractivity contribution is -0.118. The number of rotatable bonds is 8. The van der Waals surface area contributed by atoms with Crippen molar-refractivity contribution in [2.45, 2.75) is 19.9 Å². The van der Waals surface area contributed by atoms with Gasteiger partial charge in [0.15, 0.2) is 6.61 Å². The summed E-state index contributed by atoms with van der Waals surface area (Å²) >= 11 is 3.34. The molecule has 0 aliphatic rings. The minimum Gasteiger partial charge on any atom is -0.483 e. The number of para-hydroxylation sites is 1. The van der Waals surface area contributed by atoms with Gasteiger partial charge in [-0.3, -0.25) is 14.4 Å². The van der Waals surface area contributed by atoms with Gasteiger partial charge in [-0.1, -0.05) is 45.8 Å². The fourth-order valence-electron chi connectivity index (χ4n) is 2.88. The number of hydrogen-bond donors (Lipinski definition) is 3. The van der Waals surface area contributed by atoms with Crippen molar-refractivity contribution in [2.75, 3.05) is 17.2 Å². The Balaban J connectivity index is 1.57. The number of ether oxygens (including phenoxy) is 1. The molecule has 1 atom stereocenters. The first kappa shape index (κ1) is 24.0. The summed E-state index contributed by atoms with van der Waals surface area (Å²) in [6, 6.07) is 20.3. The summed E-state index contributed by atoms with van der Waals surface area (Å²) in [5.41, 5.74) is 2.58. The number of benzene rings is 3. The fraction of sp³-hybridized carbons (Fsp3) is 0.160. The fourth-order valence-corrected chi connectivity index (χ4v) is 3.15. The maximum Gasteiger partial charge on any atom is 0.262 e. The molecule has 33 heavy (non-hydrogen) atoms. The Kier molecular flexibility index (Phi) is 8.21. The summed E-state index contributed by atoms with van der Waals surface area (Å²) in [6.07, 6.45) is 0. The number of anilines is 2. The molecule has 3 N–H and O–H groups in total. The van der Waals surface area contributed by atoms with Crippen LogP contribution in [-0.2, 0) is 9.59 Å². The first-order valence-corrected chi connectivity index (χ1v) is 11.1. The van der Waals surface area contributed by atoms with Gasteiger partial charge < -0.3 is 20.7 Å². The molecule has 0 spiro atoms. The second kappa shape index (κ2) is 11.3. The van der Waals surface area contributed by atoms with Crippen molar-refractivity contribution in [3.8, 4) is 5.75 Å². The van der Waals surface area contributed by atoms with Crippen molar-refractivity contribution >= 4 is 45.0 Å². The molecule has 3 rings (SSSR count). The Morgan fingerprint density at radius 3 is 2.18 bits per heavy atom. The zero-order valence-electron chi connectivity index (χ0n) is 18.2. The Bertz CT molecular complexity index is 1130. The van der Waals surface area contributed by atoms with Gasteiger partial charge in [-0.15, -0.1) is 0 Å². The van der Waals surface area contributed by atoms with Gasteiger partial charge in [0.05, 0.1) is 5.56 Å². The highest BCUT2D eigenvalue weighted by molar-refractivity contribution is 9.10. The van der Waals surface area contributed by atoms with Crippen LogP contribution in [0.4, 0.5) is 11.4 Å². The van der Waals surface area contributed by atoms with E-state index in [9.17, 15) is 14.4 Å². The summed E-state index contributed by atoms with van der Waals surface area (Å²) in [4.78, 5) is 37.4. The van der Waals surface area contributed by atoms with E-state index in [1.54, 1.807) is 55.5 Å². The molecular formula is C25H24BrN3O4. The third kappa shape index (κ3) is 7.18. The van der Waals surface area contributed by atoms with Crippen LogP contribution < -0.4 is 20.7 Å². The number of amides is 3. The van der Waals surface area contributed by atoms with Crippen LogP contribution in [0, 0.1) is 6.92 Å². The first-order valence-electron chi connectivity index (χ1n) is 10.3. The van der Waals surface area contributed by atoms with E-state index in [0.717, 1.165) is 10.0 Å². The maximum atomic E-state index is 12.8. The largest absolute Gasteiger partial charge is 0.483 e. The van der Waals surface area contributed by atoms with Crippen LogP contribution in [0.1, 0.15) is 22.8 Å². The van der Waals surface area contributed by atoms with Gasteiger partial charge in [-0.25, -0.2) is 0 Å². The van der Waals surface area contributed by atoms with E-state index in [1.807, 2.05) is 31.2 Å². The van der Waals surface area contributed by atoms with Crippen molar-refractivity contribution in [2.24, 2.45) is 0 Å². The van der Waals surface area contributed by atoms with E-state index in [1.165, 1.54) is 0 Å². The molecule has 3 aromatic rings. The van der Waals surface area contributed by atoms with Gasteiger partial charge in [-0.05, 0) is 62.4 Å². The maximum absolute atomic E-state index is 12.8. The average Bonchev–Trinajstić information content (AvgIpc) is 2.80. The van der Waals surface area contributed by atoms with Crippen molar-refractivity contribution in [1.82, 2.24) is 5.32 Å². The minimum absolute atomic E-state index is 0.226. The van der Waals surface area contributed by atoms with Crippen LogP contribution in [0.5, 0.6) is 5.75 Å². The standard InChI is InChI=1S/C25H24BrN3O4/c1-16-7-11-20(12-8-16)29-24(31)17(2)27-25(32)21-5-3-4-6-22(21)33-15-23(30)28-19-13-9-18(26)10-14-19/h3-14,17H,15H2,1-2H3,(H,27,32)(H,28,30)(H,29,31)/t17-/m0/s1. The van der Waals surface area contributed by atoms with E-state index in [2.05, 4.69) is 31.9 Å². The zero-order chi connectivity index (χ0) is 23.8. The molecule has 3 aromatic carbocycles. The quantitative estimate of drug-likeness (QED) is 0.415. The van der Waals surface area contributed by atoms with Crippen LogP contribution in [0.3, 0.4) is 0 Å². The Morgan fingerprint density at radius 1 is 0.879 bits per heavy atom. The summed E-state index contributed by atoms with van der Waals surface area (Å²) in [7, 11) is 0. The third-order valence-electron chi connectivity index (χ3n) is 4.68. The zero-order valence-corrected chi connectivity index (χ0v) is 19.8. The molecule has 0 heterocycles. The van der Waals surface area contributed by atoms with Crippen molar-refractivity contribution in [1.29, 1.82) is 0 Å². The Hall–Kier alpha value is -3.65. The molecule has 3 amide bonds. The Morgan fingerprint density at radius 2 is 1.48 bits per heavy atom. The molecule has 0 saturated heterocycles. The monoisotopic (exact) mass is 509 g/mol. The number of nitrogens with one attached hydrogen (secondary N) is 3. The van der Waals surface area contributed by atoms with Crippen LogP contribution in [0.2, 0.25) is 0 Å². The highest BCUT2D eigenvalue weighted by atomic mass is 79.9. The summed E-state index contributed by atoms with van der Waals surface area (Å²) in [5, 5.41) is 8.15. The summed E-state index contributed by atoms with van der Waals surface area (Å²) < 4.78 is 6.48. The highest BCUT2D eigenvalue weighted by Gasteiger charge is 2.19. The topological polar surface area (TPSA) is 96.5 Å². The van der Waals surface area contributed by atoms with Gasteiger partial charge in [0, 0.05) is 15.8 Å². The lowest BCUT2D eigenvalue weighted by atomic mass is 10.1. The number of carbonyl (C=O) groups is 3. The van der Waals surface area contributed by atoms with Crippen LogP contribution in [0.15, 0.2) is 77.3 Å². The van der Waals surface area contributed by atoms with E-state index in [-0.39, 0.29) is 29.7 Å². The van der Waals surface area contributed by atoms with Crippen LogP contribution in [0.25, 0.3) is 0 Å². The first-order chi connectivity index (χ1) is 15.8. The number of hydrogen-bond acceptors (Lipinski definition) is 4. The SMILES string of the molecule is Cc1ccc(NC(=O)[C@H](C)NC(=O)c2ccccc2OCC(=O)Nc2ccc(Br)cc2)cc1. The van der Waals surface area contributed by atoms with Gasteiger partial charge in [-0.2, -0.15) is 0 Å². The predicted octanol–water partition coefficient (Wildman–Crippen LogP) is 4.53. The molecule has 8 heteroatoms. The van der Waals surface area contributed by atoms with Crippen molar-refractivity contribution < 1.29 is 19.1 Å². The Labute approximate surface area is 200 Å². The normalized spacial score (nSPS) is 11.2. The predicted molar refractivity (Wildman–Crippen MR) is 131 cm³/mol. The van der Waals surface area contributed by atoms with Crippen molar-refractivity contribution in [3.05, 3.63) is 88.4 Å². The second-order valence-electron chi connectivity index (χ2n) is 7.39. The van der Waals surface area contributed by atoms with E-state index in [4.69, 9.17) is 4.74 Å². The van der Waals surface area contributed by atoms with Crippen LogP contribution >= 0.6 is 15.9 Å². The van der Waals surface area contributed by atoms with Crippen LogP contribution in [-0.4, -0.2) is 30.4 Å². The number of halogens is 1. The second-order valence-corrected chi connectivity index (χ2v) is 8.31. The number of aryl methyl sites for hydroxylation is 1. The molecule has 0 fully saturated rings. The minimum atomic E-state index is -0.785. The molecular weight excluding hydrogens is 486 g/mol. The molecule has 7 nitrogen and oxygen atoms in total. The molecule has 0 aliphatic heterocycles. The molecule has 170 valence electrons. The van der Waals surface area contributed by atoms with E-state index < -0.39 is 11.9 Å². The molecule has 0 aromatic heterocycles. The van der Waals surface area contributed by atoms with E-state index in [0.29, 0.717) is 11.4 Å². The molecule has 0 unspecified atom stereocenters. The van der Waals surface area contributed by atoms with Crippen molar-refractivity contribution in [3.63, 3.8) is 0 Å². The highest BCUT2D eigenvalue weighted by Crippen LogP contribution is 2.19. The van der Waals surface area contributed by atoms with Gasteiger partial charge in [0.25, 0.3) is 11.8 Å². The van der Waals surface area contributed by atoms with Gasteiger partial charge in [0.1, 0.15) is 11.8 Å². The molecule has 0 bridgehead atoms. The molecule has 0 saturated carbocycles. The molecule has 0 radical (unpaired) electrons. The van der Waals surface area contributed by atoms with Gasteiger partial charge >= 0.3 is 0 Å². The lowest BCUT2D eigenvalue weighted by Crippen LogP contribution is -2.41. The smallest absolute Gasteiger partial charge is 0.262 e. The summed E-state index contributed by atoms with van der Waals surface area (Å²) in [6.45, 7) is 3.28.